The first kappa shape index (κ1) is 10.7. The number of hydrogen-bond acceptors (Lipinski definition) is 2. The van der Waals surface area contributed by atoms with Crippen LogP contribution in [0.25, 0.3) is 3.58 Å². The maximum absolute atomic E-state index is 10.9. The third-order valence-corrected chi connectivity index (χ3v) is 3.39. The second-order valence-corrected chi connectivity index (χ2v) is 5.72. The third-order valence-electron chi connectivity index (χ3n) is 1.37. The Morgan fingerprint density at radius 2 is 1.85 bits per heavy atom. The highest BCUT2D eigenvalue weighted by atomic mass is 127. The molecule has 2 nitrogen and oxygen atoms in total. The highest BCUT2D eigenvalue weighted by molar-refractivity contribution is 14.1. The molecular formula is C9H9IO2S. The van der Waals surface area contributed by atoms with Gasteiger partial charge in [0, 0.05) is 15.2 Å². The molecule has 13 heavy (non-hydrogen) atoms. The van der Waals surface area contributed by atoms with Gasteiger partial charge in [0.1, 0.15) is 0 Å². The summed E-state index contributed by atoms with van der Waals surface area (Å²) in [6.07, 6.45) is 1.19. The molecule has 0 spiro atoms. The van der Waals surface area contributed by atoms with Crippen LogP contribution >= 0.6 is 22.6 Å². The Bertz CT molecular complexity index is 407. The smallest absolute Gasteiger partial charge is 0.169 e. The summed E-state index contributed by atoms with van der Waals surface area (Å²) in [4.78, 5) is 0. The summed E-state index contributed by atoms with van der Waals surface area (Å²) in [5.41, 5.74) is 0.925. The Kier molecular flexibility index (Phi) is 3.49. The second kappa shape index (κ2) is 4.23. The molecule has 0 saturated carbocycles. The summed E-state index contributed by atoms with van der Waals surface area (Å²) in [7, 11) is -3.04. The van der Waals surface area contributed by atoms with Crippen LogP contribution in [0, 0.1) is 0 Å². The Morgan fingerprint density at radius 1 is 1.31 bits per heavy atom. The lowest BCUT2D eigenvalue weighted by Gasteiger charge is -1.97. The van der Waals surface area contributed by atoms with Crippen molar-refractivity contribution in [1.82, 2.24) is 0 Å². The van der Waals surface area contributed by atoms with Gasteiger partial charge in [-0.3, -0.25) is 0 Å². The van der Waals surface area contributed by atoms with E-state index in [4.69, 9.17) is 0 Å². The lowest BCUT2D eigenvalue weighted by atomic mass is 10.2. The summed E-state index contributed by atoms with van der Waals surface area (Å²) in [6.45, 7) is 0. The fraction of sp³-hybridized carbons (Fsp3) is 0.111. The van der Waals surface area contributed by atoms with E-state index in [1.165, 1.54) is 11.7 Å². The van der Waals surface area contributed by atoms with E-state index in [0.717, 1.165) is 9.14 Å². The lowest BCUT2D eigenvalue weighted by molar-refractivity contribution is 0.610. The van der Waals surface area contributed by atoms with Crippen molar-refractivity contribution in [2.75, 3.05) is 6.26 Å². The van der Waals surface area contributed by atoms with Crippen LogP contribution in [0.5, 0.6) is 0 Å². The van der Waals surface area contributed by atoms with Gasteiger partial charge >= 0.3 is 0 Å². The van der Waals surface area contributed by atoms with Crippen LogP contribution in [0.2, 0.25) is 0 Å². The molecule has 0 N–H and O–H groups in total. The molecule has 0 aliphatic heterocycles. The van der Waals surface area contributed by atoms with Crippen LogP contribution in [0.1, 0.15) is 5.56 Å². The van der Waals surface area contributed by atoms with Gasteiger partial charge in [0.15, 0.2) is 9.84 Å². The lowest BCUT2D eigenvalue weighted by Crippen LogP contribution is -1.89. The highest BCUT2D eigenvalue weighted by Gasteiger charge is 2.01. The molecule has 0 aliphatic rings. The van der Waals surface area contributed by atoms with Gasteiger partial charge in [-0.05, 0) is 28.2 Å². The van der Waals surface area contributed by atoms with Gasteiger partial charge in [-0.15, -0.1) is 0 Å². The van der Waals surface area contributed by atoms with Gasteiger partial charge in [0.2, 0.25) is 0 Å². The number of hydrogen-bond donors (Lipinski definition) is 0. The van der Waals surface area contributed by atoms with Crippen LogP contribution in [-0.4, -0.2) is 14.7 Å². The first-order valence-corrected chi connectivity index (χ1v) is 6.65. The van der Waals surface area contributed by atoms with Crippen molar-refractivity contribution in [3.8, 4) is 0 Å². The minimum absolute atomic E-state index is 0.737. The number of sulfone groups is 1. The molecule has 1 rings (SSSR count). The summed E-state index contributed by atoms with van der Waals surface area (Å²) in [6, 6.07) is 9.41. The molecular weight excluding hydrogens is 299 g/mol. The van der Waals surface area contributed by atoms with Crippen LogP contribution in [0.4, 0.5) is 0 Å². The van der Waals surface area contributed by atoms with E-state index in [-0.39, 0.29) is 0 Å². The van der Waals surface area contributed by atoms with Crippen LogP contribution in [-0.2, 0) is 9.84 Å². The maximum atomic E-state index is 10.9. The van der Waals surface area contributed by atoms with Crippen molar-refractivity contribution < 1.29 is 8.42 Å². The topological polar surface area (TPSA) is 34.1 Å². The molecule has 4 heteroatoms. The third kappa shape index (κ3) is 3.91. The van der Waals surface area contributed by atoms with E-state index in [0.29, 0.717) is 0 Å². The quantitative estimate of drug-likeness (QED) is 0.787. The largest absolute Gasteiger partial charge is 0.225 e. The molecule has 0 aliphatic carbocycles. The van der Waals surface area contributed by atoms with Gasteiger partial charge in [0.25, 0.3) is 0 Å². The van der Waals surface area contributed by atoms with Gasteiger partial charge in [-0.2, -0.15) is 0 Å². The second-order valence-electron chi connectivity index (χ2n) is 2.66. The molecule has 0 amide bonds. The van der Waals surface area contributed by atoms with Gasteiger partial charge in [0.05, 0.1) is 0 Å². The summed E-state index contributed by atoms with van der Waals surface area (Å²) < 4.78 is 22.6. The summed E-state index contributed by atoms with van der Waals surface area (Å²) >= 11 is 2.01. The van der Waals surface area contributed by atoms with Crippen LogP contribution in [0.3, 0.4) is 0 Å². The number of halogens is 1. The van der Waals surface area contributed by atoms with Crippen molar-refractivity contribution in [3.05, 3.63) is 41.3 Å². The average Bonchev–Trinajstić information content (AvgIpc) is 2.03. The standard InChI is InChI=1S/C9H9IO2S/c1-13(11,12)7-9(10)8-5-3-2-4-6-8/h2-7H,1H3/b9-7-. The zero-order chi connectivity index (χ0) is 9.90. The zero-order valence-electron chi connectivity index (χ0n) is 7.07. The molecule has 0 heterocycles. The Labute approximate surface area is 91.7 Å². The molecule has 0 unspecified atom stereocenters. The highest BCUT2D eigenvalue weighted by Crippen LogP contribution is 2.21. The van der Waals surface area contributed by atoms with E-state index in [1.807, 2.05) is 52.9 Å². The van der Waals surface area contributed by atoms with Crippen molar-refractivity contribution in [3.63, 3.8) is 0 Å². The van der Waals surface area contributed by atoms with Gasteiger partial charge in [-0.25, -0.2) is 8.42 Å². The van der Waals surface area contributed by atoms with Gasteiger partial charge in [-0.1, -0.05) is 30.3 Å². The number of benzene rings is 1. The zero-order valence-corrected chi connectivity index (χ0v) is 10.0. The Hall–Kier alpha value is -0.360. The van der Waals surface area contributed by atoms with Crippen molar-refractivity contribution in [2.24, 2.45) is 0 Å². The number of rotatable bonds is 2. The van der Waals surface area contributed by atoms with E-state index in [2.05, 4.69) is 0 Å². The molecule has 70 valence electrons. The molecule has 0 radical (unpaired) electrons. The minimum Gasteiger partial charge on any atom is -0.225 e. The van der Waals surface area contributed by atoms with E-state index < -0.39 is 9.84 Å². The predicted molar refractivity (Wildman–Crippen MR) is 63.3 cm³/mol. The molecule has 1 aromatic carbocycles. The minimum atomic E-state index is -3.04. The van der Waals surface area contributed by atoms with Crippen molar-refractivity contribution >= 4 is 36.0 Å². The van der Waals surface area contributed by atoms with E-state index >= 15 is 0 Å². The average molecular weight is 308 g/mol. The molecule has 0 atom stereocenters. The first-order valence-electron chi connectivity index (χ1n) is 3.62. The molecule has 0 bridgehead atoms. The molecule has 0 aromatic heterocycles. The maximum Gasteiger partial charge on any atom is 0.169 e. The molecule has 1 aromatic rings. The summed E-state index contributed by atoms with van der Waals surface area (Å²) in [5, 5.41) is 1.27. The van der Waals surface area contributed by atoms with Crippen LogP contribution in [0.15, 0.2) is 35.7 Å². The fourth-order valence-electron chi connectivity index (χ4n) is 0.853. The normalized spacial score (nSPS) is 12.9. The predicted octanol–water partition coefficient (Wildman–Crippen LogP) is 2.46. The van der Waals surface area contributed by atoms with Crippen molar-refractivity contribution in [2.45, 2.75) is 0 Å². The van der Waals surface area contributed by atoms with Crippen LogP contribution < -0.4 is 0 Å². The Morgan fingerprint density at radius 3 is 2.31 bits per heavy atom. The van der Waals surface area contributed by atoms with Crippen molar-refractivity contribution in [1.29, 1.82) is 0 Å². The van der Waals surface area contributed by atoms with E-state index in [1.54, 1.807) is 0 Å². The van der Waals surface area contributed by atoms with Gasteiger partial charge < -0.3 is 0 Å². The molecule has 0 fully saturated rings. The summed E-state index contributed by atoms with van der Waals surface area (Å²) in [5.74, 6) is 0. The van der Waals surface area contributed by atoms with E-state index in [9.17, 15) is 8.42 Å². The monoisotopic (exact) mass is 308 g/mol. The fourth-order valence-corrected chi connectivity index (χ4v) is 3.11. The SMILES string of the molecule is CS(=O)(=O)/C=C(\I)c1ccccc1. The molecule has 0 saturated heterocycles. The Balaban J connectivity index is 3.06. The first-order chi connectivity index (χ1) is 5.99.